The van der Waals surface area contributed by atoms with Crippen molar-refractivity contribution in [2.24, 2.45) is 5.41 Å². The lowest BCUT2D eigenvalue weighted by molar-refractivity contribution is 0.0885. The monoisotopic (exact) mass is 395 g/mol. The highest BCUT2D eigenvalue weighted by molar-refractivity contribution is 5.94. The number of carbonyl (C=O) groups excluding carboxylic acids is 1. The number of aromatic nitrogens is 1. The number of hydrogen-bond acceptors (Lipinski definition) is 3. The normalized spacial score (nSPS) is 20.2. The fraction of sp³-hybridized carbons (Fsp3) is 0.500. The van der Waals surface area contributed by atoms with E-state index in [1.54, 1.807) is 24.4 Å². The second-order valence-electron chi connectivity index (χ2n) is 9.09. The number of benzene rings is 1. The molecule has 0 radical (unpaired) electrons. The summed E-state index contributed by atoms with van der Waals surface area (Å²) in [6.45, 7) is 6.82. The number of piperidine rings is 1. The molecular formula is C24H30FN3O. The average Bonchev–Trinajstić information content (AvgIpc) is 3.45. The molecule has 0 spiro atoms. The Bertz CT molecular complexity index is 855. The van der Waals surface area contributed by atoms with Crippen molar-refractivity contribution in [2.75, 3.05) is 13.1 Å². The van der Waals surface area contributed by atoms with Gasteiger partial charge in [-0.15, -0.1) is 0 Å². The minimum absolute atomic E-state index is 0.0831. The van der Waals surface area contributed by atoms with Crippen LogP contribution in [0.25, 0.3) is 11.3 Å². The van der Waals surface area contributed by atoms with Crippen LogP contribution in [0.3, 0.4) is 0 Å². The third kappa shape index (κ3) is 5.02. The van der Waals surface area contributed by atoms with Gasteiger partial charge in [-0.2, -0.15) is 0 Å². The molecule has 1 unspecified atom stereocenters. The van der Waals surface area contributed by atoms with E-state index in [-0.39, 0.29) is 17.8 Å². The Morgan fingerprint density at radius 3 is 2.66 bits per heavy atom. The lowest BCUT2D eigenvalue weighted by atomic mass is 9.96. The first-order chi connectivity index (χ1) is 13.9. The summed E-state index contributed by atoms with van der Waals surface area (Å²) in [4.78, 5) is 19.5. The molecule has 1 aliphatic heterocycles. The first-order valence-electron chi connectivity index (χ1n) is 10.7. The zero-order valence-corrected chi connectivity index (χ0v) is 17.3. The van der Waals surface area contributed by atoms with Crippen molar-refractivity contribution < 1.29 is 9.18 Å². The van der Waals surface area contributed by atoms with E-state index in [2.05, 4.69) is 29.0 Å². The highest BCUT2D eigenvalue weighted by Crippen LogP contribution is 2.49. The average molecular weight is 396 g/mol. The molecule has 2 aliphatic rings. The van der Waals surface area contributed by atoms with Crippen LogP contribution >= 0.6 is 0 Å². The van der Waals surface area contributed by atoms with Crippen LogP contribution in [0.5, 0.6) is 0 Å². The van der Waals surface area contributed by atoms with Gasteiger partial charge < -0.3 is 10.2 Å². The number of amides is 1. The van der Waals surface area contributed by atoms with Gasteiger partial charge in [-0.3, -0.25) is 9.78 Å². The Morgan fingerprint density at radius 1 is 1.28 bits per heavy atom. The number of likely N-dealkylation sites (tertiary alicyclic amines) is 1. The van der Waals surface area contributed by atoms with Crippen molar-refractivity contribution in [1.82, 2.24) is 15.2 Å². The van der Waals surface area contributed by atoms with Crippen LogP contribution in [-0.4, -0.2) is 41.0 Å². The molecular weight excluding hydrogens is 365 g/mol. The van der Waals surface area contributed by atoms with E-state index in [1.165, 1.54) is 31.4 Å². The molecule has 1 aromatic carbocycles. The summed E-state index contributed by atoms with van der Waals surface area (Å²) >= 11 is 0. The molecule has 5 heteroatoms. The number of nitrogens with one attached hydrogen (secondary N) is 1. The van der Waals surface area contributed by atoms with Crippen molar-refractivity contribution in [3.05, 3.63) is 54.0 Å². The van der Waals surface area contributed by atoms with E-state index < -0.39 is 0 Å². The van der Waals surface area contributed by atoms with Crippen LogP contribution in [0.15, 0.2) is 42.6 Å². The van der Waals surface area contributed by atoms with E-state index in [0.717, 1.165) is 25.9 Å². The highest BCUT2D eigenvalue weighted by atomic mass is 19.1. The van der Waals surface area contributed by atoms with Crippen LogP contribution in [0.2, 0.25) is 0 Å². The van der Waals surface area contributed by atoms with Gasteiger partial charge in [-0.25, -0.2) is 4.39 Å². The minimum atomic E-state index is -0.294. The maximum atomic E-state index is 13.4. The third-order valence-corrected chi connectivity index (χ3v) is 6.53. The van der Waals surface area contributed by atoms with Gasteiger partial charge in [-0.05, 0) is 68.7 Å². The van der Waals surface area contributed by atoms with Crippen molar-refractivity contribution in [1.29, 1.82) is 0 Å². The maximum absolute atomic E-state index is 13.4. The zero-order valence-electron chi connectivity index (χ0n) is 17.3. The quantitative estimate of drug-likeness (QED) is 0.774. The van der Waals surface area contributed by atoms with Gasteiger partial charge in [0.05, 0.1) is 11.3 Å². The Hall–Kier alpha value is -2.27. The first kappa shape index (κ1) is 20.0. The summed E-state index contributed by atoms with van der Waals surface area (Å²) in [5.41, 5.74) is 2.49. The highest BCUT2D eigenvalue weighted by Gasteiger charge is 2.39. The number of hydrogen-bond donors (Lipinski definition) is 1. The predicted octanol–water partition coefficient (Wildman–Crippen LogP) is 4.66. The molecule has 1 saturated carbocycles. The van der Waals surface area contributed by atoms with Gasteiger partial charge in [0.15, 0.2) is 0 Å². The predicted molar refractivity (Wildman–Crippen MR) is 113 cm³/mol. The van der Waals surface area contributed by atoms with Gasteiger partial charge in [0.2, 0.25) is 0 Å². The number of halogens is 1. The molecule has 1 aromatic heterocycles. The van der Waals surface area contributed by atoms with Crippen molar-refractivity contribution in [2.45, 2.75) is 58.0 Å². The molecule has 4 rings (SSSR count). The molecule has 2 aromatic rings. The third-order valence-electron chi connectivity index (χ3n) is 6.53. The van der Waals surface area contributed by atoms with Gasteiger partial charge in [0.1, 0.15) is 5.82 Å². The second-order valence-corrected chi connectivity index (χ2v) is 9.09. The largest absolute Gasteiger partial charge is 0.349 e. The van der Waals surface area contributed by atoms with E-state index in [0.29, 0.717) is 28.3 Å². The topological polar surface area (TPSA) is 45.2 Å². The molecule has 1 aliphatic carbocycles. The SMILES string of the molecule is CC(CC1(C)CC1)N1CCC(NC(=O)c2ccc(-c3cccc(F)c3)nc2)CC1. The second kappa shape index (κ2) is 8.23. The summed E-state index contributed by atoms with van der Waals surface area (Å²) in [6.07, 6.45) is 7.57. The smallest absolute Gasteiger partial charge is 0.253 e. The van der Waals surface area contributed by atoms with Gasteiger partial charge in [0.25, 0.3) is 5.91 Å². The van der Waals surface area contributed by atoms with Crippen LogP contribution in [0, 0.1) is 11.2 Å². The Kier molecular flexibility index (Phi) is 5.68. The van der Waals surface area contributed by atoms with E-state index in [9.17, 15) is 9.18 Å². The van der Waals surface area contributed by atoms with Crippen LogP contribution in [0.4, 0.5) is 4.39 Å². The fourth-order valence-electron chi connectivity index (χ4n) is 4.36. The van der Waals surface area contributed by atoms with Crippen LogP contribution in [-0.2, 0) is 0 Å². The van der Waals surface area contributed by atoms with Crippen molar-refractivity contribution in [3.63, 3.8) is 0 Å². The number of rotatable bonds is 6. The van der Waals surface area contributed by atoms with E-state index in [4.69, 9.17) is 0 Å². The van der Waals surface area contributed by atoms with Crippen molar-refractivity contribution in [3.8, 4) is 11.3 Å². The van der Waals surface area contributed by atoms with Gasteiger partial charge in [0, 0.05) is 36.9 Å². The lowest BCUT2D eigenvalue weighted by Gasteiger charge is -2.37. The fourth-order valence-corrected chi connectivity index (χ4v) is 4.36. The molecule has 1 amide bonds. The first-order valence-corrected chi connectivity index (χ1v) is 10.7. The molecule has 2 heterocycles. The number of pyridine rings is 1. The van der Waals surface area contributed by atoms with Crippen molar-refractivity contribution >= 4 is 5.91 Å². The maximum Gasteiger partial charge on any atom is 0.253 e. The minimum Gasteiger partial charge on any atom is -0.349 e. The molecule has 2 fully saturated rings. The van der Waals surface area contributed by atoms with Gasteiger partial charge in [-0.1, -0.05) is 19.1 Å². The summed E-state index contributed by atoms with van der Waals surface area (Å²) < 4.78 is 13.4. The molecule has 1 N–H and O–H groups in total. The Balaban J connectivity index is 1.28. The Labute approximate surface area is 172 Å². The van der Waals surface area contributed by atoms with Crippen LogP contribution < -0.4 is 5.32 Å². The molecule has 4 nitrogen and oxygen atoms in total. The molecule has 154 valence electrons. The number of carbonyl (C=O) groups is 1. The number of nitrogens with zero attached hydrogens (tertiary/aromatic N) is 2. The summed E-state index contributed by atoms with van der Waals surface area (Å²) in [6, 6.07) is 10.7. The van der Waals surface area contributed by atoms with Gasteiger partial charge >= 0.3 is 0 Å². The summed E-state index contributed by atoms with van der Waals surface area (Å²) in [7, 11) is 0. The van der Waals surface area contributed by atoms with E-state index in [1.807, 2.05) is 6.07 Å². The summed E-state index contributed by atoms with van der Waals surface area (Å²) in [5.74, 6) is -0.377. The zero-order chi connectivity index (χ0) is 20.4. The van der Waals surface area contributed by atoms with E-state index >= 15 is 0 Å². The standard InChI is InChI=1S/C24H30FN3O/c1-17(15-24(2)10-11-24)28-12-8-21(9-13-28)27-23(29)19-6-7-22(26-16-19)18-4-3-5-20(25)14-18/h3-7,14,16-17,21H,8-13,15H2,1-2H3,(H,27,29). The van der Waals surface area contributed by atoms with Crippen LogP contribution in [0.1, 0.15) is 56.3 Å². The molecule has 1 atom stereocenters. The molecule has 1 saturated heterocycles. The molecule has 0 bridgehead atoms. The summed E-state index contributed by atoms with van der Waals surface area (Å²) in [5, 5.41) is 3.16. The lowest BCUT2D eigenvalue weighted by Crippen LogP contribution is -2.47. The molecule has 29 heavy (non-hydrogen) atoms. The Morgan fingerprint density at radius 2 is 2.03 bits per heavy atom.